The van der Waals surface area contributed by atoms with E-state index in [1.165, 1.54) is 18.6 Å². The standard InChI is InChI=1S/C36H62N4O4/c1-6-8-9-31-25-36(16-14-29(34(42)44-36)24-28-10-12-30(13-11-28)38-43-7-2)19-23-40(31)35(5)17-21-39(22-18-35)33(41)32-26(3)15-20-37-27(32)4/h26-29,31-32,37H,6-25H2,1-5H3. The van der Waals surface area contributed by atoms with Crippen molar-refractivity contribution in [1.82, 2.24) is 15.1 Å². The van der Waals surface area contributed by atoms with Crippen molar-refractivity contribution < 1.29 is 19.2 Å². The lowest BCUT2D eigenvalue weighted by atomic mass is 9.73. The van der Waals surface area contributed by atoms with E-state index in [9.17, 15) is 9.59 Å². The summed E-state index contributed by atoms with van der Waals surface area (Å²) in [5, 5.41) is 7.80. The first kappa shape index (κ1) is 33.7. The van der Waals surface area contributed by atoms with Gasteiger partial charge in [0.05, 0.1) is 17.5 Å². The average molecular weight is 615 g/mol. The maximum absolute atomic E-state index is 13.6. The largest absolute Gasteiger partial charge is 0.459 e. The van der Waals surface area contributed by atoms with Crippen LogP contribution in [0.2, 0.25) is 0 Å². The predicted molar refractivity (Wildman–Crippen MR) is 175 cm³/mol. The smallest absolute Gasteiger partial charge is 0.309 e. The second kappa shape index (κ2) is 14.8. The van der Waals surface area contributed by atoms with Crippen molar-refractivity contribution in [3.63, 3.8) is 0 Å². The molecule has 5 rings (SSSR count). The van der Waals surface area contributed by atoms with Crippen LogP contribution < -0.4 is 5.32 Å². The van der Waals surface area contributed by atoms with E-state index in [0.717, 1.165) is 110 Å². The molecule has 5 fully saturated rings. The first-order valence-electron chi connectivity index (χ1n) is 18.4. The minimum Gasteiger partial charge on any atom is -0.459 e. The Morgan fingerprint density at radius 2 is 1.80 bits per heavy atom. The number of hydrogen-bond donors (Lipinski definition) is 1. The second-order valence-corrected chi connectivity index (χ2v) is 15.4. The minimum atomic E-state index is -0.292. The number of nitrogens with zero attached hydrogens (tertiary/aromatic N) is 3. The summed E-state index contributed by atoms with van der Waals surface area (Å²) in [6, 6.07) is 0.689. The second-order valence-electron chi connectivity index (χ2n) is 15.4. The topological polar surface area (TPSA) is 83.5 Å². The van der Waals surface area contributed by atoms with Gasteiger partial charge in [0.2, 0.25) is 5.91 Å². The van der Waals surface area contributed by atoms with Crippen LogP contribution in [-0.2, 0) is 19.2 Å². The Morgan fingerprint density at radius 3 is 2.45 bits per heavy atom. The molecule has 6 atom stereocenters. The number of hydrogen-bond acceptors (Lipinski definition) is 7. The van der Waals surface area contributed by atoms with Gasteiger partial charge in [-0.05, 0) is 110 Å². The Labute approximate surface area is 267 Å². The Balaban J connectivity index is 1.16. The number of carbonyl (C=O) groups is 2. The van der Waals surface area contributed by atoms with E-state index in [2.05, 4.69) is 48.0 Å². The molecule has 5 aliphatic rings. The van der Waals surface area contributed by atoms with Crippen molar-refractivity contribution in [3.05, 3.63) is 0 Å². The molecule has 44 heavy (non-hydrogen) atoms. The molecule has 0 bridgehead atoms. The van der Waals surface area contributed by atoms with E-state index < -0.39 is 0 Å². The molecular formula is C36H62N4O4. The Hall–Kier alpha value is -1.67. The zero-order valence-electron chi connectivity index (χ0n) is 28.6. The molecule has 6 unspecified atom stereocenters. The van der Waals surface area contributed by atoms with Crippen LogP contribution in [0.5, 0.6) is 0 Å². The molecule has 0 aromatic rings. The first-order valence-corrected chi connectivity index (χ1v) is 18.4. The summed E-state index contributed by atoms with van der Waals surface area (Å²) in [4.78, 5) is 37.3. The summed E-state index contributed by atoms with van der Waals surface area (Å²) in [5.74, 6) is 1.58. The lowest BCUT2D eigenvalue weighted by molar-refractivity contribution is -0.189. The number of oxime groups is 1. The van der Waals surface area contributed by atoms with Crippen LogP contribution in [0.25, 0.3) is 0 Å². The van der Waals surface area contributed by atoms with E-state index in [0.29, 0.717) is 30.4 Å². The lowest BCUT2D eigenvalue weighted by Gasteiger charge is -2.56. The molecule has 0 aromatic carbocycles. The molecule has 8 heteroatoms. The van der Waals surface area contributed by atoms with Gasteiger partial charge in [-0.2, -0.15) is 0 Å². The molecule has 1 saturated carbocycles. The number of esters is 1. The summed E-state index contributed by atoms with van der Waals surface area (Å²) in [6.07, 6.45) is 15.7. The number of piperidine rings is 3. The SMILES string of the molecule is CCCCC1CC2(CCC(CC3CCC(=NOCC)CC3)C(=O)O2)CCN1C1(C)CCN(C(=O)C2C(C)CCNC2C)CC1. The van der Waals surface area contributed by atoms with Crippen molar-refractivity contribution >= 4 is 17.6 Å². The monoisotopic (exact) mass is 614 g/mol. The van der Waals surface area contributed by atoms with E-state index >= 15 is 0 Å². The maximum atomic E-state index is 13.6. The zero-order valence-corrected chi connectivity index (χ0v) is 28.6. The molecule has 250 valence electrons. The number of likely N-dealkylation sites (tertiary alicyclic amines) is 2. The van der Waals surface area contributed by atoms with Crippen LogP contribution in [0.4, 0.5) is 0 Å². The van der Waals surface area contributed by atoms with E-state index in [-0.39, 0.29) is 35.0 Å². The van der Waals surface area contributed by atoms with Crippen molar-refractivity contribution in [2.45, 2.75) is 154 Å². The fraction of sp³-hybridized carbons (Fsp3) is 0.917. The summed E-state index contributed by atoms with van der Waals surface area (Å²) in [6.45, 7) is 15.4. The molecule has 8 nitrogen and oxygen atoms in total. The van der Waals surface area contributed by atoms with Gasteiger partial charge in [-0.25, -0.2) is 0 Å². The van der Waals surface area contributed by atoms with Crippen molar-refractivity contribution in [2.75, 3.05) is 32.8 Å². The van der Waals surface area contributed by atoms with Gasteiger partial charge >= 0.3 is 5.97 Å². The summed E-state index contributed by atoms with van der Waals surface area (Å²) in [7, 11) is 0. The highest BCUT2D eigenvalue weighted by Crippen LogP contribution is 2.46. The first-order chi connectivity index (χ1) is 21.2. The highest BCUT2D eigenvalue weighted by atomic mass is 16.6. The van der Waals surface area contributed by atoms with Crippen molar-refractivity contribution in [3.8, 4) is 0 Å². The molecule has 1 aliphatic carbocycles. The van der Waals surface area contributed by atoms with Crippen LogP contribution in [0.1, 0.15) is 131 Å². The molecule has 0 radical (unpaired) electrons. The molecular weight excluding hydrogens is 552 g/mol. The molecule has 0 aromatic heterocycles. The molecule has 1 spiro atoms. The van der Waals surface area contributed by atoms with Crippen LogP contribution in [0.15, 0.2) is 5.16 Å². The van der Waals surface area contributed by atoms with E-state index in [1.807, 2.05) is 6.92 Å². The minimum absolute atomic E-state index is 0.0484. The number of amides is 1. The highest BCUT2D eigenvalue weighted by Gasteiger charge is 2.51. The van der Waals surface area contributed by atoms with Crippen molar-refractivity contribution in [1.29, 1.82) is 0 Å². The van der Waals surface area contributed by atoms with Crippen LogP contribution >= 0.6 is 0 Å². The van der Waals surface area contributed by atoms with Crippen molar-refractivity contribution in [2.24, 2.45) is 28.8 Å². The Kier molecular flexibility index (Phi) is 11.4. The van der Waals surface area contributed by atoms with Gasteiger partial charge in [0.1, 0.15) is 12.2 Å². The van der Waals surface area contributed by atoms with Gasteiger partial charge in [-0.3, -0.25) is 14.5 Å². The normalized spacial score (nSPS) is 36.6. The van der Waals surface area contributed by atoms with Gasteiger partial charge < -0.3 is 19.8 Å². The van der Waals surface area contributed by atoms with Gasteiger partial charge in [-0.15, -0.1) is 0 Å². The molecule has 4 heterocycles. The predicted octanol–water partition coefficient (Wildman–Crippen LogP) is 6.32. The number of nitrogens with one attached hydrogen (secondary N) is 1. The molecule has 4 saturated heterocycles. The van der Waals surface area contributed by atoms with Crippen LogP contribution in [0.3, 0.4) is 0 Å². The quantitative estimate of drug-likeness (QED) is 0.242. The summed E-state index contributed by atoms with van der Waals surface area (Å²) >= 11 is 0. The van der Waals surface area contributed by atoms with Gasteiger partial charge in [0.15, 0.2) is 0 Å². The summed E-state index contributed by atoms with van der Waals surface area (Å²) in [5.41, 5.74) is 0.972. The zero-order chi connectivity index (χ0) is 31.3. The number of carbonyl (C=O) groups excluding carboxylic acids is 2. The molecule has 4 aliphatic heterocycles. The van der Waals surface area contributed by atoms with Gasteiger partial charge in [0, 0.05) is 50.1 Å². The van der Waals surface area contributed by atoms with E-state index in [4.69, 9.17) is 9.57 Å². The number of unbranched alkanes of at least 4 members (excludes halogenated alkanes) is 1. The third-order valence-electron chi connectivity index (χ3n) is 12.3. The average Bonchev–Trinajstić information content (AvgIpc) is 3.01. The number of ether oxygens (including phenoxy) is 1. The maximum Gasteiger partial charge on any atom is 0.309 e. The molecule has 1 amide bonds. The fourth-order valence-corrected chi connectivity index (χ4v) is 9.39. The fourth-order valence-electron chi connectivity index (χ4n) is 9.39. The Morgan fingerprint density at radius 1 is 1.05 bits per heavy atom. The van der Waals surface area contributed by atoms with Gasteiger partial charge in [-0.1, -0.05) is 31.8 Å². The summed E-state index contributed by atoms with van der Waals surface area (Å²) < 4.78 is 6.49. The number of rotatable bonds is 9. The van der Waals surface area contributed by atoms with Gasteiger partial charge in [0.25, 0.3) is 0 Å². The highest BCUT2D eigenvalue weighted by molar-refractivity contribution is 5.84. The molecule has 1 N–H and O–H groups in total. The third-order valence-corrected chi connectivity index (χ3v) is 12.3. The lowest BCUT2D eigenvalue weighted by Crippen LogP contribution is -2.64. The third kappa shape index (κ3) is 7.65. The van der Waals surface area contributed by atoms with E-state index in [1.54, 1.807) is 0 Å². The van der Waals surface area contributed by atoms with Crippen LogP contribution in [-0.4, -0.2) is 83.4 Å². The Bertz CT molecular complexity index is 990. The van der Waals surface area contributed by atoms with Crippen LogP contribution in [0, 0.1) is 23.7 Å².